The van der Waals surface area contributed by atoms with Crippen LogP contribution in [0.2, 0.25) is 0 Å². The summed E-state index contributed by atoms with van der Waals surface area (Å²) in [5, 5.41) is 3.09. The third kappa shape index (κ3) is 2.07. The van der Waals surface area contributed by atoms with Gasteiger partial charge in [-0.05, 0) is 61.2 Å². The summed E-state index contributed by atoms with van der Waals surface area (Å²) in [7, 11) is 0. The number of nitrogens with one attached hydrogen (secondary N) is 1. The average Bonchev–Trinajstić information content (AvgIpc) is 2.85. The number of carbonyl (C=O) groups excluding carboxylic acids is 3. The molecule has 0 heterocycles. The second-order valence-corrected chi connectivity index (χ2v) is 9.28. The zero-order valence-corrected chi connectivity index (χ0v) is 14.8. The lowest BCUT2D eigenvalue weighted by Crippen LogP contribution is -2.61. The Kier molecular flexibility index (Phi) is 3.67. The normalized spacial score (nSPS) is 50.7. The lowest BCUT2D eigenvalue weighted by molar-refractivity contribution is -0.149. The molecule has 0 aromatic rings. The SMILES string of the molecule is C[C@]12CCC(=O)CC1C[C@@H](NC=O)[C@@H]1[C@@H]2CC[C@]2(C)C(=O)CC[C@@H]12. The minimum Gasteiger partial charge on any atom is -0.356 e. The zero-order chi connectivity index (χ0) is 17.1. The van der Waals surface area contributed by atoms with E-state index in [0.717, 1.165) is 38.5 Å². The number of amides is 1. The van der Waals surface area contributed by atoms with Crippen LogP contribution in [0.5, 0.6) is 0 Å². The predicted octanol–water partition coefficient (Wildman–Crippen LogP) is 2.89. The van der Waals surface area contributed by atoms with Crippen molar-refractivity contribution >= 4 is 18.0 Å². The van der Waals surface area contributed by atoms with E-state index in [4.69, 9.17) is 0 Å². The quantitative estimate of drug-likeness (QED) is 0.791. The van der Waals surface area contributed by atoms with Crippen molar-refractivity contribution in [3.05, 3.63) is 0 Å². The third-order valence-electron chi connectivity index (χ3n) is 8.52. The van der Waals surface area contributed by atoms with Crippen molar-refractivity contribution in [1.82, 2.24) is 5.32 Å². The third-order valence-corrected chi connectivity index (χ3v) is 8.52. The molecule has 4 aliphatic rings. The highest BCUT2D eigenvalue weighted by Crippen LogP contribution is 2.65. The molecule has 0 bridgehead atoms. The Morgan fingerprint density at radius 3 is 2.62 bits per heavy atom. The van der Waals surface area contributed by atoms with Crippen LogP contribution in [0, 0.1) is 34.5 Å². The highest BCUT2D eigenvalue weighted by atomic mass is 16.1. The molecule has 0 aromatic carbocycles. The molecular formula is C20H29NO3. The zero-order valence-electron chi connectivity index (χ0n) is 14.8. The van der Waals surface area contributed by atoms with E-state index in [2.05, 4.69) is 19.2 Å². The van der Waals surface area contributed by atoms with Gasteiger partial charge in [-0.1, -0.05) is 13.8 Å². The molecule has 4 nitrogen and oxygen atoms in total. The summed E-state index contributed by atoms with van der Waals surface area (Å²) in [5.74, 6) is 2.54. The first-order valence-electron chi connectivity index (χ1n) is 9.65. The average molecular weight is 331 g/mol. The standard InChI is InChI=1S/C20H29NO3/c1-19-7-5-13(23)9-12(19)10-16(21-11-22)18-14-3-4-17(24)20(14,2)8-6-15(18)19/h11-12,14-16,18H,3-10H2,1-2H3,(H,21,22)/t12?,14-,15-,16+,18-,19-,20-/m0/s1. The van der Waals surface area contributed by atoms with Gasteiger partial charge in [0.2, 0.25) is 6.41 Å². The highest BCUT2D eigenvalue weighted by molar-refractivity contribution is 5.87. The molecule has 0 radical (unpaired) electrons. The predicted molar refractivity (Wildman–Crippen MR) is 90.1 cm³/mol. The molecular weight excluding hydrogens is 302 g/mol. The first kappa shape index (κ1) is 16.3. The van der Waals surface area contributed by atoms with Crippen LogP contribution >= 0.6 is 0 Å². The van der Waals surface area contributed by atoms with Crippen molar-refractivity contribution in [2.45, 2.75) is 71.3 Å². The molecule has 24 heavy (non-hydrogen) atoms. The van der Waals surface area contributed by atoms with E-state index < -0.39 is 0 Å². The van der Waals surface area contributed by atoms with Gasteiger partial charge in [0.05, 0.1) is 0 Å². The number of ketones is 2. The summed E-state index contributed by atoms with van der Waals surface area (Å²) in [4.78, 5) is 35.8. The Labute approximate surface area is 144 Å². The molecule has 1 N–H and O–H groups in total. The van der Waals surface area contributed by atoms with Crippen molar-refractivity contribution in [2.75, 3.05) is 0 Å². The van der Waals surface area contributed by atoms with Crippen LogP contribution in [0.1, 0.15) is 65.2 Å². The smallest absolute Gasteiger partial charge is 0.207 e. The molecule has 0 spiro atoms. The molecule has 0 aromatic heterocycles. The van der Waals surface area contributed by atoms with Crippen LogP contribution in [0.3, 0.4) is 0 Å². The van der Waals surface area contributed by atoms with Crippen molar-refractivity contribution in [3.63, 3.8) is 0 Å². The molecule has 1 amide bonds. The molecule has 4 aliphatic carbocycles. The molecule has 4 rings (SSSR count). The lowest BCUT2D eigenvalue weighted by Gasteiger charge is -2.61. The van der Waals surface area contributed by atoms with Crippen molar-refractivity contribution in [1.29, 1.82) is 0 Å². The van der Waals surface area contributed by atoms with E-state index in [-0.39, 0.29) is 16.9 Å². The Morgan fingerprint density at radius 1 is 1.08 bits per heavy atom. The van der Waals surface area contributed by atoms with Crippen LogP contribution in [0.25, 0.3) is 0 Å². The number of Topliss-reactive ketones (excluding diaryl/α,β-unsaturated/α-hetero) is 2. The number of fused-ring (bicyclic) bond motifs is 5. The fraction of sp³-hybridized carbons (Fsp3) is 0.850. The monoisotopic (exact) mass is 331 g/mol. The second kappa shape index (κ2) is 5.40. The van der Waals surface area contributed by atoms with E-state index in [1.165, 1.54) is 0 Å². The van der Waals surface area contributed by atoms with Gasteiger partial charge < -0.3 is 5.32 Å². The molecule has 132 valence electrons. The van der Waals surface area contributed by atoms with E-state index in [9.17, 15) is 14.4 Å². The van der Waals surface area contributed by atoms with Gasteiger partial charge in [0.1, 0.15) is 11.6 Å². The van der Waals surface area contributed by atoms with Gasteiger partial charge >= 0.3 is 0 Å². The van der Waals surface area contributed by atoms with Crippen molar-refractivity contribution in [3.8, 4) is 0 Å². The Hall–Kier alpha value is -1.19. The summed E-state index contributed by atoms with van der Waals surface area (Å²) in [6, 6.07) is 0.131. The van der Waals surface area contributed by atoms with E-state index in [1.807, 2.05) is 0 Å². The summed E-state index contributed by atoms with van der Waals surface area (Å²) in [6.07, 6.45) is 7.86. The molecule has 7 atom stereocenters. The summed E-state index contributed by atoms with van der Waals surface area (Å²) in [5.41, 5.74) is 0.0181. The maximum Gasteiger partial charge on any atom is 0.207 e. The second-order valence-electron chi connectivity index (χ2n) is 9.28. The van der Waals surface area contributed by atoms with Crippen LogP contribution < -0.4 is 5.32 Å². The molecule has 0 aliphatic heterocycles. The number of carbonyl (C=O) groups is 3. The van der Waals surface area contributed by atoms with Crippen molar-refractivity contribution < 1.29 is 14.4 Å². The van der Waals surface area contributed by atoms with Gasteiger partial charge in [0.15, 0.2) is 0 Å². The maximum atomic E-state index is 12.5. The molecule has 0 saturated heterocycles. The first-order chi connectivity index (χ1) is 11.4. The number of hydrogen-bond acceptors (Lipinski definition) is 3. The minimum atomic E-state index is -0.183. The largest absolute Gasteiger partial charge is 0.356 e. The van der Waals surface area contributed by atoms with Gasteiger partial charge in [-0.15, -0.1) is 0 Å². The highest BCUT2D eigenvalue weighted by Gasteiger charge is 2.62. The van der Waals surface area contributed by atoms with E-state index in [1.54, 1.807) is 0 Å². The summed E-state index contributed by atoms with van der Waals surface area (Å²) in [6.45, 7) is 4.55. The van der Waals surface area contributed by atoms with Crippen molar-refractivity contribution in [2.24, 2.45) is 34.5 Å². The van der Waals surface area contributed by atoms with Gasteiger partial charge in [0, 0.05) is 30.7 Å². The Bertz CT molecular complexity index is 587. The van der Waals surface area contributed by atoms with Crippen LogP contribution in [0.15, 0.2) is 0 Å². The van der Waals surface area contributed by atoms with Crippen LogP contribution in [-0.2, 0) is 14.4 Å². The first-order valence-corrected chi connectivity index (χ1v) is 9.65. The minimum absolute atomic E-state index is 0.131. The fourth-order valence-electron chi connectivity index (χ4n) is 7.09. The van der Waals surface area contributed by atoms with E-state index in [0.29, 0.717) is 54.5 Å². The lowest BCUT2D eigenvalue weighted by atomic mass is 9.44. The molecule has 4 heteroatoms. The fourth-order valence-corrected chi connectivity index (χ4v) is 7.09. The topological polar surface area (TPSA) is 63.2 Å². The van der Waals surface area contributed by atoms with Crippen LogP contribution in [-0.4, -0.2) is 24.0 Å². The summed E-state index contributed by atoms with van der Waals surface area (Å²) < 4.78 is 0. The Morgan fingerprint density at radius 2 is 1.88 bits per heavy atom. The molecule has 4 saturated carbocycles. The summed E-state index contributed by atoms with van der Waals surface area (Å²) >= 11 is 0. The number of hydrogen-bond donors (Lipinski definition) is 1. The maximum absolute atomic E-state index is 12.5. The molecule has 1 unspecified atom stereocenters. The van der Waals surface area contributed by atoms with Crippen LogP contribution in [0.4, 0.5) is 0 Å². The van der Waals surface area contributed by atoms with Gasteiger partial charge in [0.25, 0.3) is 0 Å². The van der Waals surface area contributed by atoms with E-state index >= 15 is 0 Å². The Balaban J connectivity index is 1.72. The number of rotatable bonds is 2. The van der Waals surface area contributed by atoms with Gasteiger partial charge in [-0.3, -0.25) is 14.4 Å². The van der Waals surface area contributed by atoms with Gasteiger partial charge in [-0.2, -0.15) is 0 Å². The molecule has 4 fully saturated rings. The van der Waals surface area contributed by atoms with Gasteiger partial charge in [-0.25, -0.2) is 0 Å².